The first-order valence-corrected chi connectivity index (χ1v) is 6.66. The van der Waals surface area contributed by atoms with Gasteiger partial charge in [0, 0.05) is 7.05 Å². The van der Waals surface area contributed by atoms with Gasteiger partial charge >= 0.3 is 0 Å². The second kappa shape index (κ2) is 6.13. The van der Waals surface area contributed by atoms with Crippen LogP contribution >= 0.6 is 23.2 Å². The van der Waals surface area contributed by atoms with Gasteiger partial charge in [-0.25, -0.2) is 4.98 Å². The predicted molar refractivity (Wildman–Crippen MR) is 79.9 cm³/mol. The summed E-state index contributed by atoms with van der Waals surface area (Å²) in [6.45, 7) is 0. The molecule has 2 rings (SSSR count). The van der Waals surface area contributed by atoms with Crippen LogP contribution in [0.2, 0.25) is 5.02 Å². The van der Waals surface area contributed by atoms with E-state index in [1.807, 2.05) is 42.3 Å². The number of hydrogen-bond acceptors (Lipinski definition) is 3. The number of para-hydroxylation sites is 2. The highest BCUT2D eigenvalue weighted by Crippen LogP contribution is 2.32. The van der Waals surface area contributed by atoms with Crippen molar-refractivity contribution in [2.24, 2.45) is 0 Å². The summed E-state index contributed by atoms with van der Waals surface area (Å²) in [4.78, 5) is 6.38. The summed E-state index contributed by atoms with van der Waals surface area (Å²) < 4.78 is 5.35. The third kappa shape index (κ3) is 2.94. The van der Waals surface area contributed by atoms with Crippen LogP contribution in [0.4, 0.5) is 11.5 Å². The van der Waals surface area contributed by atoms with E-state index in [0.717, 1.165) is 17.3 Å². The summed E-state index contributed by atoms with van der Waals surface area (Å²) >= 11 is 11.8. The van der Waals surface area contributed by atoms with Gasteiger partial charge in [0.2, 0.25) is 0 Å². The number of nitrogens with zero attached hydrogens (tertiary/aromatic N) is 2. The number of benzene rings is 1. The first kappa shape index (κ1) is 14.0. The first-order chi connectivity index (χ1) is 9.17. The van der Waals surface area contributed by atoms with E-state index < -0.39 is 0 Å². The van der Waals surface area contributed by atoms with Crippen LogP contribution in [-0.2, 0) is 5.88 Å². The monoisotopic (exact) mass is 296 g/mol. The molecule has 0 aliphatic carbocycles. The summed E-state index contributed by atoms with van der Waals surface area (Å²) in [6.07, 6.45) is 0. The predicted octanol–water partition coefficient (Wildman–Crippen LogP) is 4.25. The molecule has 0 saturated carbocycles. The van der Waals surface area contributed by atoms with Crippen LogP contribution in [0.15, 0.2) is 36.4 Å². The minimum absolute atomic E-state index is 0.284. The largest absolute Gasteiger partial charge is 0.495 e. The van der Waals surface area contributed by atoms with E-state index >= 15 is 0 Å². The molecule has 0 fully saturated rings. The molecular weight excluding hydrogens is 283 g/mol. The minimum Gasteiger partial charge on any atom is -0.495 e. The van der Waals surface area contributed by atoms with Crippen molar-refractivity contribution in [2.45, 2.75) is 5.88 Å². The van der Waals surface area contributed by atoms with Crippen LogP contribution in [0.5, 0.6) is 5.75 Å². The molecule has 0 aliphatic rings. The molecule has 1 aromatic heterocycles. The Morgan fingerprint density at radius 3 is 2.63 bits per heavy atom. The van der Waals surface area contributed by atoms with Crippen molar-refractivity contribution in [1.29, 1.82) is 0 Å². The third-order valence-electron chi connectivity index (χ3n) is 2.82. The molecule has 100 valence electrons. The van der Waals surface area contributed by atoms with Crippen molar-refractivity contribution in [3.8, 4) is 5.75 Å². The van der Waals surface area contributed by atoms with Crippen LogP contribution < -0.4 is 9.64 Å². The summed E-state index contributed by atoms with van der Waals surface area (Å²) in [7, 11) is 3.57. The summed E-state index contributed by atoms with van der Waals surface area (Å²) in [6, 6.07) is 11.4. The number of methoxy groups -OCH3 is 1. The lowest BCUT2D eigenvalue weighted by Crippen LogP contribution is -2.13. The van der Waals surface area contributed by atoms with Crippen molar-refractivity contribution in [1.82, 2.24) is 4.98 Å². The van der Waals surface area contributed by atoms with E-state index in [4.69, 9.17) is 27.9 Å². The van der Waals surface area contributed by atoms with Gasteiger partial charge in [0.05, 0.1) is 29.4 Å². The second-order valence-electron chi connectivity index (χ2n) is 3.96. The fourth-order valence-electron chi connectivity index (χ4n) is 1.78. The average molecular weight is 297 g/mol. The van der Waals surface area contributed by atoms with Crippen molar-refractivity contribution < 1.29 is 4.74 Å². The Balaban J connectivity index is 2.41. The Bertz CT molecular complexity index is 575. The number of pyridine rings is 1. The molecule has 0 spiro atoms. The molecule has 0 unspecified atom stereocenters. The van der Waals surface area contributed by atoms with Gasteiger partial charge in [0.25, 0.3) is 0 Å². The van der Waals surface area contributed by atoms with Crippen molar-refractivity contribution in [3.05, 3.63) is 47.1 Å². The zero-order valence-electron chi connectivity index (χ0n) is 10.7. The highest BCUT2D eigenvalue weighted by atomic mass is 35.5. The number of rotatable bonds is 4. The van der Waals surface area contributed by atoms with Gasteiger partial charge in [-0.1, -0.05) is 23.7 Å². The van der Waals surface area contributed by atoms with Gasteiger partial charge in [0.1, 0.15) is 11.6 Å². The molecule has 0 radical (unpaired) electrons. The maximum Gasteiger partial charge on any atom is 0.142 e. The van der Waals surface area contributed by atoms with Gasteiger partial charge in [-0.2, -0.15) is 0 Å². The molecule has 0 atom stereocenters. The Hall–Kier alpha value is -1.45. The van der Waals surface area contributed by atoms with Crippen molar-refractivity contribution in [2.75, 3.05) is 19.1 Å². The van der Waals surface area contributed by atoms with Crippen LogP contribution in [0.3, 0.4) is 0 Å². The number of aromatic nitrogens is 1. The van der Waals surface area contributed by atoms with Gasteiger partial charge in [-0.05, 0) is 24.3 Å². The molecule has 0 bridgehead atoms. The summed E-state index contributed by atoms with van der Waals surface area (Å²) in [5.41, 5.74) is 1.60. The number of hydrogen-bond donors (Lipinski definition) is 0. The van der Waals surface area contributed by atoms with Crippen LogP contribution in [0, 0.1) is 0 Å². The van der Waals surface area contributed by atoms with E-state index in [1.54, 1.807) is 13.2 Å². The zero-order valence-corrected chi connectivity index (χ0v) is 12.2. The molecule has 1 heterocycles. The van der Waals surface area contributed by atoms with Crippen molar-refractivity contribution in [3.63, 3.8) is 0 Å². The minimum atomic E-state index is 0.284. The van der Waals surface area contributed by atoms with E-state index in [-0.39, 0.29) is 5.88 Å². The molecule has 5 heteroatoms. The molecule has 0 N–H and O–H groups in total. The number of ether oxygens (including phenoxy) is 1. The highest BCUT2D eigenvalue weighted by molar-refractivity contribution is 6.32. The number of anilines is 2. The maximum atomic E-state index is 6.02. The van der Waals surface area contributed by atoms with Crippen LogP contribution in [0.1, 0.15) is 5.69 Å². The topological polar surface area (TPSA) is 25.4 Å². The third-order valence-corrected chi connectivity index (χ3v) is 3.42. The maximum absolute atomic E-state index is 6.02. The fraction of sp³-hybridized carbons (Fsp3) is 0.214. The zero-order chi connectivity index (χ0) is 13.8. The Morgan fingerprint density at radius 1 is 1.21 bits per heavy atom. The fourth-order valence-corrected chi connectivity index (χ4v) is 2.23. The molecule has 1 aromatic carbocycles. The Labute approximate surface area is 122 Å². The number of halogens is 2. The molecular formula is C14H14Cl2N2O. The SMILES string of the molecule is COc1ccccc1N(C)c1ccc(Cl)c(CCl)n1. The first-order valence-electron chi connectivity index (χ1n) is 5.75. The molecule has 0 aliphatic heterocycles. The summed E-state index contributed by atoms with van der Waals surface area (Å²) in [5.74, 6) is 1.84. The van der Waals surface area contributed by atoms with Gasteiger partial charge in [0.15, 0.2) is 0 Å². The lowest BCUT2D eigenvalue weighted by atomic mass is 10.2. The molecule has 19 heavy (non-hydrogen) atoms. The Morgan fingerprint density at radius 2 is 1.95 bits per heavy atom. The van der Waals surface area contributed by atoms with E-state index in [0.29, 0.717) is 10.7 Å². The summed E-state index contributed by atoms with van der Waals surface area (Å²) in [5, 5.41) is 0.576. The van der Waals surface area contributed by atoms with E-state index in [2.05, 4.69) is 4.98 Å². The van der Waals surface area contributed by atoms with Gasteiger partial charge in [-0.3, -0.25) is 0 Å². The molecule has 0 amide bonds. The highest BCUT2D eigenvalue weighted by Gasteiger charge is 2.12. The van der Waals surface area contributed by atoms with Gasteiger partial charge < -0.3 is 9.64 Å². The standard InChI is InChI=1S/C14H14Cl2N2O/c1-18(12-5-3-4-6-13(12)19-2)14-8-7-10(16)11(9-15)17-14/h3-8H,9H2,1-2H3. The lowest BCUT2D eigenvalue weighted by Gasteiger charge is -2.21. The normalized spacial score (nSPS) is 10.3. The van der Waals surface area contributed by atoms with E-state index in [1.165, 1.54) is 0 Å². The molecule has 2 aromatic rings. The van der Waals surface area contributed by atoms with E-state index in [9.17, 15) is 0 Å². The van der Waals surface area contributed by atoms with Gasteiger partial charge in [-0.15, -0.1) is 11.6 Å². The molecule has 0 saturated heterocycles. The molecule has 3 nitrogen and oxygen atoms in total. The Kier molecular flexibility index (Phi) is 4.51. The van der Waals surface area contributed by atoms with Crippen LogP contribution in [-0.4, -0.2) is 19.1 Å². The lowest BCUT2D eigenvalue weighted by molar-refractivity contribution is 0.415. The second-order valence-corrected chi connectivity index (χ2v) is 4.64. The quantitative estimate of drug-likeness (QED) is 0.789. The average Bonchev–Trinajstić information content (AvgIpc) is 2.47. The van der Waals surface area contributed by atoms with Crippen molar-refractivity contribution >= 4 is 34.7 Å². The number of alkyl halides is 1. The smallest absolute Gasteiger partial charge is 0.142 e. The van der Waals surface area contributed by atoms with Crippen LogP contribution in [0.25, 0.3) is 0 Å².